The number of hydrogen-bond acceptors (Lipinski definition) is 3. The average molecular weight is 631 g/mol. The summed E-state index contributed by atoms with van der Waals surface area (Å²) in [4.78, 5) is 31.2. The molecular weight excluding hydrogens is 601 g/mol. The highest BCUT2D eigenvalue weighted by atomic mass is 19.4. The zero-order chi connectivity index (χ0) is 32.9. The number of halogens is 3. The molecule has 6 rings (SSSR count). The normalized spacial score (nSPS) is 11.6. The highest BCUT2D eigenvalue weighted by molar-refractivity contribution is 6.09. The molecule has 6 nitrogen and oxygen atoms in total. The van der Waals surface area contributed by atoms with E-state index in [0.717, 1.165) is 28.8 Å². The minimum absolute atomic E-state index is 0.0377. The lowest BCUT2D eigenvalue weighted by atomic mass is 9.76. The molecule has 0 atom stereocenters. The molecule has 47 heavy (non-hydrogen) atoms. The maximum atomic E-state index is 13.6. The minimum atomic E-state index is -4.60. The van der Waals surface area contributed by atoms with Gasteiger partial charge in [0.2, 0.25) is 0 Å². The zero-order valence-corrected chi connectivity index (χ0v) is 25.0. The monoisotopic (exact) mass is 630 g/mol. The molecule has 9 heteroatoms. The first-order valence-electron chi connectivity index (χ1n) is 14.8. The van der Waals surface area contributed by atoms with Crippen LogP contribution >= 0.6 is 0 Å². The Balaban J connectivity index is 1.32. The fourth-order valence-electron chi connectivity index (χ4n) is 5.80. The van der Waals surface area contributed by atoms with E-state index in [1.807, 2.05) is 60.8 Å². The van der Waals surface area contributed by atoms with Crippen LogP contribution in [0, 0.1) is 0 Å². The largest absolute Gasteiger partial charge is 0.416 e. The molecule has 0 aliphatic rings. The predicted molar refractivity (Wildman–Crippen MR) is 174 cm³/mol. The summed E-state index contributed by atoms with van der Waals surface area (Å²) in [5.74, 6) is -0.699. The van der Waals surface area contributed by atoms with E-state index >= 15 is 0 Å². The van der Waals surface area contributed by atoms with Crippen LogP contribution in [0.25, 0.3) is 0 Å². The minimum Gasteiger partial charge on any atom is -0.345 e. The number of aromatic nitrogens is 2. The average Bonchev–Trinajstić information content (AvgIpc) is 3.58. The number of nitrogens with one attached hydrogen (secondary N) is 2. The Kier molecular flexibility index (Phi) is 8.71. The molecule has 6 aromatic rings. The number of carbonyl (C=O) groups excluding carboxylic acids is 2. The van der Waals surface area contributed by atoms with Crippen molar-refractivity contribution in [3.05, 3.63) is 191 Å². The number of anilines is 1. The van der Waals surface area contributed by atoms with Crippen LogP contribution in [-0.4, -0.2) is 21.4 Å². The molecule has 5 aromatic carbocycles. The summed E-state index contributed by atoms with van der Waals surface area (Å²) in [6.07, 6.45) is -1.02. The summed E-state index contributed by atoms with van der Waals surface area (Å²) in [5.41, 5.74) is 1.31. The van der Waals surface area contributed by atoms with Gasteiger partial charge in [-0.3, -0.25) is 9.59 Å². The van der Waals surface area contributed by atoms with E-state index < -0.39 is 29.1 Å². The Labute approximate surface area is 269 Å². The van der Waals surface area contributed by atoms with E-state index in [2.05, 4.69) is 56.6 Å². The summed E-state index contributed by atoms with van der Waals surface area (Å²) in [6.45, 7) is 0.0377. The molecule has 0 radical (unpaired) electrons. The third kappa shape index (κ3) is 6.28. The molecule has 1 heterocycles. The number of carbonyl (C=O) groups is 2. The second-order valence-electron chi connectivity index (χ2n) is 10.8. The third-order valence-corrected chi connectivity index (χ3v) is 7.93. The Bertz CT molecular complexity index is 1900. The highest BCUT2D eigenvalue weighted by Gasteiger charge is 2.39. The van der Waals surface area contributed by atoms with Crippen LogP contribution in [0.15, 0.2) is 152 Å². The van der Waals surface area contributed by atoms with Crippen molar-refractivity contribution >= 4 is 17.5 Å². The summed E-state index contributed by atoms with van der Waals surface area (Å²) in [6, 6.07) is 40.6. The van der Waals surface area contributed by atoms with Crippen LogP contribution in [-0.2, 0) is 18.3 Å². The second-order valence-corrected chi connectivity index (χ2v) is 10.8. The predicted octanol–water partition coefficient (Wildman–Crippen LogP) is 7.92. The molecule has 2 amide bonds. The summed E-state index contributed by atoms with van der Waals surface area (Å²) >= 11 is 0. The third-order valence-electron chi connectivity index (χ3n) is 7.93. The molecule has 0 bridgehead atoms. The molecule has 0 aliphatic carbocycles. The Morgan fingerprint density at radius 1 is 0.638 bits per heavy atom. The summed E-state index contributed by atoms with van der Waals surface area (Å²) < 4.78 is 41.7. The van der Waals surface area contributed by atoms with Crippen molar-refractivity contribution in [2.24, 2.45) is 0 Å². The maximum Gasteiger partial charge on any atom is 0.416 e. The van der Waals surface area contributed by atoms with Gasteiger partial charge in [-0.15, -0.1) is 0 Å². The van der Waals surface area contributed by atoms with E-state index in [4.69, 9.17) is 0 Å². The van der Waals surface area contributed by atoms with Gasteiger partial charge in [-0.2, -0.15) is 13.2 Å². The van der Waals surface area contributed by atoms with E-state index in [1.165, 1.54) is 24.3 Å². The highest BCUT2D eigenvalue weighted by Crippen LogP contribution is 2.41. The Morgan fingerprint density at radius 3 is 1.74 bits per heavy atom. The van der Waals surface area contributed by atoms with Crippen molar-refractivity contribution in [1.29, 1.82) is 0 Å². The SMILES string of the molecule is O=C(Nc1ccccc1C(=O)NCc1nccn1C(c1ccccc1)(c1ccccc1)c1ccccc1)c1cccc(C(F)(F)F)c1. The van der Waals surface area contributed by atoms with Gasteiger partial charge in [-0.25, -0.2) is 4.98 Å². The lowest BCUT2D eigenvalue weighted by Crippen LogP contribution is -2.39. The number of para-hydroxylation sites is 1. The van der Waals surface area contributed by atoms with E-state index in [1.54, 1.807) is 18.3 Å². The Morgan fingerprint density at radius 2 is 1.17 bits per heavy atom. The molecule has 0 spiro atoms. The van der Waals surface area contributed by atoms with Crippen molar-refractivity contribution in [1.82, 2.24) is 14.9 Å². The van der Waals surface area contributed by atoms with Gasteiger partial charge in [-0.1, -0.05) is 109 Å². The first kappa shape index (κ1) is 31.0. The van der Waals surface area contributed by atoms with Crippen LogP contribution in [0.1, 0.15) is 48.8 Å². The summed E-state index contributed by atoms with van der Waals surface area (Å²) in [7, 11) is 0. The lowest BCUT2D eigenvalue weighted by Gasteiger charge is -2.38. The topological polar surface area (TPSA) is 76.0 Å². The van der Waals surface area contributed by atoms with Crippen LogP contribution in [0.5, 0.6) is 0 Å². The van der Waals surface area contributed by atoms with Crippen LogP contribution in [0.4, 0.5) is 18.9 Å². The van der Waals surface area contributed by atoms with Gasteiger partial charge in [0.15, 0.2) is 0 Å². The van der Waals surface area contributed by atoms with Gasteiger partial charge >= 0.3 is 6.18 Å². The standard InChI is InChI=1S/C38H29F3N4O2/c39-38(40,41)31-20-12-13-27(25-31)35(46)44-33-22-11-10-21-32(33)36(47)43-26-34-42-23-24-45(34)37(28-14-4-1-5-15-28,29-16-6-2-7-17-29)30-18-8-3-9-19-30/h1-25H,26H2,(H,43,47)(H,44,46). The zero-order valence-electron chi connectivity index (χ0n) is 25.0. The number of imidazole rings is 1. The van der Waals surface area contributed by atoms with Crippen LogP contribution < -0.4 is 10.6 Å². The van der Waals surface area contributed by atoms with Crippen molar-refractivity contribution < 1.29 is 22.8 Å². The molecule has 0 unspecified atom stereocenters. The molecule has 2 N–H and O–H groups in total. The number of amides is 2. The first-order chi connectivity index (χ1) is 22.8. The molecular formula is C38H29F3N4O2. The molecule has 0 fully saturated rings. The number of rotatable bonds is 9. The Hall–Kier alpha value is -5.96. The fourth-order valence-corrected chi connectivity index (χ4v) is 5.80. The first-order valence-corrected chi connectivity index (χ1v) is 14.8. The number of alkyl halides is 3. The van der Waals surface area contributed by atoms with Crippen LogP contribution in [0.2, 0.25) is 0 Å². The molecule has 0 saturated carbocycles. The second kappa shape index (κ2) is 13.2. The molecule has 0 saturated heterocycles. The maximum absolute atomic E-state index is 13.6. The van der Waals surface area contributed by atoms with Crippen molar-refractivity contribution in [3.8, 4) is 0 Å². The summed E-state index contributed by atoms with van der Waals surface area (Å²) in [5, 5.41) is 5.52. The van der Waals surface area contributed by atoms with Gasteiger partial charge in [0.05, 0.1) is 23.4 Å². The van der Waals surface area contributed by atoms with Gasteiger partial charge in [0.1, 0.15) is 11.4 Å². The van der Waals surface area contributed by atoms with Gasteiger partial charge in [0.25, 0.3) is 11.8 Å². The van der Waals surface area contributed by atoms with Crippen molar-refractivity contribution in [2.75, 3.05) is 5.32 Å². The quantitative estimate of drug-likeness (QED) is 0.159. The molecule has 1 aromatic heterocycles. The lowest BCUT2D eigenvalue weighted by molar-refractivity contribution is -0.137. The number of nitrogens with zero attached hydrogens (tertiary/aromatic N) is 2. The molecule has 0 aliphatic heterocycles. The van der Waals surface area contributed by atoms with Gasteiger partial charge < -0.3 is 15.2 Å². The fraction of sp³-hybridized carbons (Fsp3) is 0.0789. The number of hydrogen-bond donors (Lipinski definition) is 2. The van der Waals surface area contributed by atoms with E-state index in [9.17, 15) is 22.8 Å². The van der Waals surface area contributed by atoms with Crippen molar-refractivity contribution in [3.63, 3.8) is 0 Å². The van der Waals surface area contributed by atoms with Gasteiger partial charge in [-0.05, 0) is 47.0 Å². The van der Waals surface area contributed by atoms with E-state index in [0.29, 0.717) is 5.82 Å². The van der Waals surface area contributed by atoms with E-state index in [-0.39, 0.29) is 23.4 Å². The molecule has 234 valence electrons. The van der Waals surface area contributed by atoms with Gasteiger partial charge in [0, 0.05) is 18.0 Å². The van der Waals surface area contributed by atoms with Crippen LogP contribution in [0.3, 0.4) is 0 Å². The number of benzene rings is 5. The van der Waals surface area contributed by atoms with Crippen molar-refractivity contribution in [2.45, 2.75) is 18.3 Å². The smallest absolute Gasteiger partial charge is 0.345 e.